The highest BCUT2D eigenvalue weighted by Crippen LogP contribution is 2.33. The highest BCUT2D eigenvalue weighted by Gasteiger charge is 2.22. The molecule has 20 heavy (non-hydrogen) atoms. The van der Waals surface area contributed by atoms with Gasteiger partial charge in [-0.25, -0.2) is 0 Å². The van der Waals surface area contributed by atoms with Crippen LogP contribution in [0.25, 0.3) is 0 Å². The molecule has 0 amide bonds. The van der Waals surface area contributed by atoms with Gasteiger partial charge < -0.3 is 5.32 Å². The molecular formula is C19H31N. The predicted octanol–water partition coefficient (Wildman–Crippen LogP) is 4.91. The van der Waals surface area contributed by atoms with E-state index in [-0.39, 0.29) is 0 Å². The molecule has 0 bridgehead atoms. The minimum atomic E-state index is 0.738. The molecule has 0 spiro atoms. The highest BCUT2D eigenvalue weighted by molar-refractivity contribution is 5.27. The lowest BCUT2D eigenvalue weighted by molar-refractivity contribution is 0.340. The van der Waals surface area contributed by atoms with E-state index in [2.05, 4.69) is 50.4 Å². The molecule has 1 heteroatoms. The average Bonchev–Trinajstić information content (AvgIpc) is 2.45. The second-order valence-corrected chi connectivity index (χ2v) is 6.86. The van der Waals surface area contributed by atoms with Gasteiger partial charge in [-0.05, 0) is 61.6 Å². The Balaban J connectivity index is 1.99. The fourth-order valence-corrected chi connectivity index (χ4v) is 3.47. The topological polar surface area (TPSA) is 12.0 Å². The van der Waals surface area contributed by atoms with Gasteiger partial charge in [0, 0.05) is 6.04 Å². The van der Waals surface area contributed by atoms with Gasteiger partial charge in [-0.3, -0.25) is 0 Å². The molecule has 2 unspecified atom stereocenters. The maximum Gasteiger partial charge on any atom is 0.00728 e. The van der Waals surface area contributed by atoms with Crippen molar-refractivity contribution in [3.05, 3.63) is 35.4 Å². The van der Waals surface area contributed by atoms with Gasteiger partial charge in [0.1, 0.15) is 0 Å². The zero-order chi connectivity index (χ0) is 14.4. The maximum atomic E-state index is 3.72. The monoisotopic (exact) mass is 273 g/mol. The van der Waals surface area contributed by atoms with Crippen molar-refractivity contribution < 1.29 is 0 Å². The second kappa shape index (κ2) is 7.83. The molecule has 0 saturated heterocycles. The summed E-state index contributed by atoms with van der Waals surface area (Å²) < 4.78 is 0. The molecule has 2 atom stereocenters. The molecule has 0 radical (unpaired) electrons. The summed E-state index contributed by atoms with van der Waals surface area (Å²) in [6.07, 6.45) is 7.88. The van der Waals surface area contributed by atoms with E-state index in [1.54, 1.807) is 5.56 Å². The predicted molar refractivity (Wildman–Crippen MR) is 88.3 cm³/mol. The van der Waals surface area contributed by atoms with E-state index in [4.69, 9.17) is 0 Å². The SMILES string of the molecule is CCCNC1CCCC(c2cccc(CC(C)C)c2)C1. The molecule has 1 N–H and O–H groups in total. The quantitative estimate of drug-likeness (QED) is 0.776. The van der Waals surface area contributed by atoms with Crippen LogP contribution in [0.3, 0.4) is 0 Å². The third-order valence-electron chi connectivity index (χ3n) is 4.42. The van der Waals surface area contributed by atoms with Crippen LogP contribution in [0.5, 0.6) is 0 Å². The van der Waals surface area contributed by atoms with Gasteiger partial charge in [-0.1, -0.05) is 51.5 Å². The van der Waals surface area contributed by atoms with Crippen molar-refractivity contribution in [3.63, 3.8) is 0 Å². The van der Waals surface area contributed by atoms with E-state index >= 15 is 0 Å². The minimum absolute atomic E-state index is 0.738. The smallest absolute Gasteiger partial charge is 0.00728 e. The molecule has 0 heterocycles. The van der Waals surface area contributed by atoms with Crippen LogP contribution >= 0.6 is 0 Å². The van der Waals surface area contributed by atoms with Crippen molar-refractivity contribution in [1.29, 1.82) is 0 Å². The van der Waals surface area contributed by atoms with Gasteiger partial charge in [0.25, 0.3) is 0 Å². The Morgan fingerprint density at radius 2 is 2.10 bits per heavy atom. The van der Waals surface area contributed by atoms with E-state index < -0.39 is 0 Å². The first kappa shape index (κ1) is 15.6. The lowest BCUT2D eigenvalue weighted by Gasteiger charge is -2.30. The number of nitrogens with one attached hydrogen (secondary N) is 1. The van der Waals surface area contributed by atoms with Gasteiger partial charge in [0.15, 0.2) is 0 Å². The first-order valence-corrected chi connectivity index (χ1v) is 8.51. The fourth-order valence-electron chi connectivity index (χ4n) is 3.47. The molecule has 1 aliphatic carbocycles. The van der Waals surface area contributed by atoms with Crippen molar-refractivity contribution in [2.24, 2.45) is 5.92 Å². The van der Waals surface area contributed by atoms with Crippen molar-refractivity contribution in [3.8, 4) is 0 Å². The maximum absolute atomic E-state index is 3.72. The van der Waals surface area contributed by atoms with Crippen LogP contribution in [0, 0.1) is 5.92 Å². The van der Waals surface area contributed by atoms with Gasteiger partial charge in [-0.15, -0.1) is 0 Å². The molecular weight excluding hydrogens is 242 g/mol. The summed E-state index contributed by atoms with van der Waals surface area (Å²) in [5.74, 6) is 1.51. The van der Waals surface area contributed by atoms with E-state index in [0.29, 0.717) is 0 Å². The van der Waals surface area contributed by atoms with Crippen molar-refractivity contribution in [2.45, 2.75) is 71.3 Å². The van der Waals surface area contributed by atoms with Crippen molar-refractivity contribution in [1.82, 2.24) is 5.32 Å². The number of hydrogen-bond acceptors (Lipinski definition) is 1. The summed E-state index contributed by atoms with van der Waals surface area (Å²) in [6.45, 7) is 8.03. The van der Waals surface area contributed by atoms with Gasteiger partial charge in [-0.2, -0.15) is 0 Å². The Morgan fingerprint density at radius 3 is 2.85 bits per heavy atom. The highest BCUT2D eigenvalue weighted by atomic mass is 14.9. The van der Waals surface area contributed by atoms with E-state index in [0.717, 1.165) is 17.9 Å². The molecule has 1 aliphatic rings. The van der Waals surface area contributed by atoms with Crippen LogP contribution in [0.4, 0.5) is 0 Å². The Hall–Kier alpha value is -0.820. The summed E-state index contributed by atoms with van der Waals surface area (Å²) in [7, 11) is 0. The normalized spacial score (nSPS) is 23.2. The number of hydrogen-bond donors (Lipinski definition) is 1. The Labute approximate surface area is 125 Å². The van der Waals surface area contributed by atoms with E-state index in [1.807, 2.05) is 0 Å². The molecule has 112 valence electrons. The van der Waals surface area contributed by atoms with Gasteiger partial charge >= 0.3 is 0 Å². The zero-order valence-electron chi connectivity index (χ0n) is 13.5. The molecule has 1 fully saturated rings. The van der Waals surface area contributed by atoms with E-state index in [1.165, 1.54) is 50.6 Å². The summed E-state index contributed by atoms with van der Waals surface area (Å²) in [4.78, 5) is 0. The average molecular weight is 273 g/mol. The Bertz CT molecular complexity index is 397. The van der Waals surface area contributed by atoms with Crippen LogP contribution < -0.4 is 5.32 Å². The molecule has 0 aliphatic heterocycles. The Morgan fingerprint density at radius 1 is 1.25 bits per heavy atom. The fraction of sp³-hybridized carbons (Fsp3) is 0.684. The lowest BCUT2D eigenvalue weighted by atomic mass is 9.80. The summed E-state index contributed by atoms with van der Waals surface area (Å²) in [5.41, 5.74) is 3.09. The second-order valence-electron chi connectivity index (χ2n) is 6.86. The zero-order valence-corrected chi connectivity index (χ0v) is 13.5. The molecule has 2 rings (SSSR count). The first-order valence-electron chi connectivity index (χ1n) is 8.51. The standard InChI is InChI=1S/C19H31N/c1-4-11-20-19-10-6-9-18(14-19)17-8-5-7-16(13-17)12-15(2)3/h5,7-8,13,15,18-20H,4,6,9-12,14H2,1-3H3. The molecule has 1 saturated carbocycles. The third kappa shape index (κ3) is 4.63. The van der Waals surface area contributed by atoms with Crippen LogP contribution in [0.1, 0.15) is 69.9 Å². The van der Waals surface area contributed by atoms with Crippen molar-refractivity contribution >= 4 is 0 Å². The lowest BCUT2D eigenvalue weighted by Crippen LogP contribution is -2.34. The number of benzene rings is 1. The van der Waals surface area contributed by atoms with Gasteiger partial charge in [0.2, 0.25) is 0 Å². The molecule has 0 aromatic heterocycles. The number of rotatable bonds is 6. The Kier molecular flexibility index (Phi) is 6.09. The van der Waals surface area contributed by atoms with Crippen LogP contribution in [0.15, 0.2) is 24.3 Å². The van der Waals surface area contributed by atoms with Gasteiger partial charge in [0.05, 0.1) is 0 Å². The molecule has 1 aromatic rings. The van der Waals surface area contributed by atoms with Crippen molar-refractivity contribution in [2.75, 3.05) is 6.54 Å². The van der Waals surface area contributed by atoms with Crippen LogP contribution in [-0.4, -0.2) is 12.6 Å². The minimum Gasteiger partial charge on any atom is -0.314 e. The molecule has 1 aromatic carbocycles. The van der Waals surface area contributed by atoms with Crippen LogP contribution in [0.2, 0.25) is 0 Å². The summed E-state index contributed by atoms with van der Waals surface area (Å²) in [5, 5.41) is 3.72. The summed E-state index contributed by atoms with van der Waals surface area (Å²) in [6, 6.07) is 10.1. The molecule has 1 nitrogen and oxygen atoms in total. The summed E-state index contributed by atoms with van der Waals surface area (Å²) >= 11 is 0. The first-order chi connectivity index (χ1) is 9.69. The van der Waals surface area contributed by atoms with E-state index in [9.17, 15) is 0 Å². The largest absolute Gasteiger partial charge is 0.314 e. The third-order valence-corrected chi connectivity index (χ3v) is 4.42. The van der Waals surface area contributed by atoms with Crippen LogP contribution in [-0.2, 0) is 6.42 Å².